The number of carbonyl (C=O) groups is 1. The van der Waals surface area contributed by atoms with Crippen LogP contribution < -0.4 is 16.4 Å². The molecule has 0 heterocycles. The molecule has 0 bridgehead atoms. The summed E-state index contributed by atoms with van der Waals surface area (Å²) in [5, 5.41) is 5.78. The van der Waals surface area contributed by atoms with Crippen LogP contribution in [0.5, 0.6) is 0 Å². The predicted octanol–water partition coefficient (Wildman–Crippen LogP) is 1.64. The van der Waals surface area contributed by atoms with Crippen LogP contribution >= 0.6 is 0 Å². The Morgan fingerprint density at radius 2 is 1.95 bits per heavy atom. The normalized spacial score (nSPS) is 11.5. The number of hydrogen-bond acceptors (Lipinski definition) is 2. The maximum absolute atomic E-state index is 11.4. The fourth-order valence-electron chi connectivity index (χ4n) is 1.50. The molecule has 104 valence electrons. The third-order valence-corrected chi connectivity index (χ3v) is 2.39. The van der Waals surface area contributed by atoms with Crippen molar-refractivity contribution in [2.45, 2.75) is 33.2 Å². The summed E-state index contributed by atoms with van der Waals surface area (Å²) >= 11 is 0. The van der Waals surface area contributed by atoms with Crippen molar-refractivity contribution < 1.29 is 4.79 Å². The van der Waals surface area contributed by atoms with Crippen molar-refractivity contribution in [3.63, 3.8) is 0 Å². The Morgan fingerprint density at radius 3 is 2.53 bits per heavy atom. The lowest BCUT2D eigenvalue weighted by Crippen LogP contribution is -2.30. The highest BCUT2D eigenvalue weighted by atomic mass is 16.1. The lowest BCUT2D eigenvalue weighted by Gasteiger charge is -2.08. The third kappa shape index (κ3) is 6.45. The highest BCUT2D eigenvalue weighted by molar-refractivity contribution is 5.92. The average Bonchev–Trinajstić information content (AvgIpc) is 2.31. The average molecular weight is 262 g/mol. The number of rotatable bonds is 5. The Kier molecular flexibility index (Phi) is 5.85. The first-order valence-electron chi connectivity index (χ1n) is 6.40. The van der Waals surface area contributed by atoms with E-state index in [1.54, 1.807) is 0 Å². The van der Waals surface area contributed by atoms with Crippen molar-refractivity contribution in [3.8, 4) is 0 Å². The number of nitrogens with one attached hydrogen (secondary N) is 2. The Balaban J connectivity index is 2.37. The molecule has 0 atom stereocenters. The molecule has 1 rings (SSSR count). The van der Waals surface area contributed by atoms with Gasteiger partial charge in [-0.1, -0.05) is 17.7 Å². The second kappa shape index (κ2) is 7.41. The van der Waals surface area contributed by atoms with E-state index < -0.39 is 0 Å². The van der Waals surface area contributed by atoms with E-state index >= 15 is 0 Å². The number of nitrogens with two attached hydrogens (primary N) is 1. The molecule has 1 amide bonds. The molecule has 4 N–H and O–H groups in total. The minimum atomic E-state index is -0.0121. The number of guanidine groups is 1. The highest BCUT2D eigenvalue weighted by Crippen LogP contribution is 2.07. The van der Waals surface area contributed by atoms with E-state index in [0.717, 1.165) is 5.69 Å². The first kappa shape index (κ1) is 15.0. The monoisotopic (exact) mass is 262 g/mol. The van der Waals surface area contributed by atoms with E-state index in [9.17, 15) is 4.79 Å². The number of carbonyl (C=O) groups excluding carboxylic acids is 1. The number of benzene rings is 1. The zero-order valence-corrected chi connectivity index (χ0v) is 11.7. The fraction of sp³-hybridized carbons (Fsp3) is 0.429. The van der Waals surface area contributed by atoms with Crippen LogP contribution in [0.2, 0.25) is 0 Å². The summed E-state index contributed by atoms with van der Waals surface area (Å²) in [6.07, 6.45) is 0.342. The molecule has 0 aromatic heterocycles. The molecular weight excluding hydrogens is 240 g/mol. The van der Waals surface area contributed by atoms with Crippen LogP contribution in [0.4, 0.5) is 5.69 Å². The summed E-state index contributed by atoms with van der Waals surface area (Å²) < 4.78 is 0. The lowest BCUT2D eigenvalue weighted by molar-refractivity contribution is -0.121. The second-order valence-electron chi connectivity index (χ2n) is 4.73. The molecule has 0 aliphatic rings. The molecule has 0 saturated heterocycles. The van der Waals surface area contributed by atoms with Gasteiger partial charge in [0.05, 0.1) is 6.54 Å². The molecule has 5 heteroatoms. The van der Waals surface area contributed by atoms with E-state index in [1.165, 1.54) is 5.56 Å². The molecule has 19 heavy (non-hydrogen) atoms. The van der Waals surface area contributed by atoms with Gasteiger partial charge in [0.1, 0.15) is 0 Å². The Morgan fingerprint density at radius 1 is 1.32 bits per heavy atom. The van der Waals surface area contributed by atoms with Crippen LogP contribution in [0.15, 0.2) is 29.3 Å². The Labute approximate surface area is 114 Å². The minimum Gasteiger partial charge on any atom is -0.370 e. The van der Waals surface area contributed by atoms with E-state index in [-0.39, 0.29) is 11.9 Å². The van der Waals surface area contributed by atoms with Crippen molar-refractivity contribution in [3.05, 3.63) is 29.8 Å². The zero-order valence-electron chi connectivity index (χ0n) is 11.7. The molecule has 1 aromatic rings. The Hall–Kier alpha value is -2.04. The van der Waals surface area contributed by atoms with Crippen molar-refractivity contribution in [2.24, 2.45) is 10.7 Å². The van der Waals surface area contributed by atoms with Crippen molar-refractivity contribution in [1.29, 1.82) is 0 Å². The maximum Gasteiger partial charge on any atom is 0.222 e. The topological polar surface area (TPSA) is 79.5 Å². The van der Waals surface area contributed by atoms with Crippen LogP contribution in [0.25, 0.3) is 0 Å². The lowest BCUT2D eigenvalue weighted by atomic mass is 10.2. The molecular formula is C14H22N4O. The SMILES string of the molecule is Cc1ccc(NC(N)=NCCC(=O)NC(C)C)cc1. The van der Waals surface area contributed by atoms with Crippen LogP contribution in [0.1, 0.15) is 25.8 Å². The van der Waals surface area contributed by atoms with E-state index in [4.69, 9.17) is 5.73 Å². The quantitative estimate of drug-likeness (QED) is 0.557. The first-order chi connectivity index (χ1) is 8.97. The van der Waals surface area contributed by atoms with Gasteiger partial charge in [0.2, 0.25) is 5.91 Å². The summed E-state index contributed by atoms with van der Waals surface area (Å²) in [4.78, 5) is 15.5. The van der Waals surface area contributed by atoms with Crippen molar-refractivity contribution in [1.82, 2.24) is 5.32 Å². The summed E-state index contributed by atoms with van der Waals surface area (Å²) in [6, 6.07) is 8.00. The van der Waals surface area contributed by atoms with E-state index in [1.807, 2.05) is 45.0 Å². The molecule has 0 spiro atoms. The zero-order chi connectivity index (χ0) is 14.3. The molecule has 0 unspecified atom stereocenters. The van der Waals surface area contributed by atoms with Crippen LogP contribution in [0.3, 0.4) is 0 Å². The summed E-state index contributed by atoms with van der Waals surface area (Å²) in [5.74, 6) is 0.308. The molecule has 0 aliphatic heterocycles. The fourth-order valence-corrected chi connectivity index (χ4v) is 1.50. The van der Waals surface area contributed by atoms with Gasteiger partial charge in [-0.05, 0) is 32.9 Å². The van der Waals surface area contributed by atoms with Crippen molar-refractivity contribution in [2.75, 3.05) is 11.9 Å². The van der Waals surface area contributed by atoms with Crippen LogP contribution in [0, 0.1) is 6.92 Å². The van der Waals surface area contributed by atoms with Crippen molar-refractivity contribution >= 4 is 17.6 Å². The Bertz CT molecular complexity index is 437. The minimum absolute atomic E-state index is 0.0121. The first-order valence-corrected chi connectivity index (χ1v) is 6.40. The van der Waals surface area contributed by atoms with Gasteiger partial charge in [-0.15, -0.1) is 0 Å². The number of amides is 1. The van der Waals surface area contributed by atoms with E-state index in [0.29, 0.717) is 18.9 Å². The van der Waals surface area contributed by atoms with Gasteiger partial charge in [0, 0.05) is 18.2 Å². The smallest absolute Gasteiger partial charge is 0.222 e. The van der Waals surface area contributed by atoms with Gasteiger partial charge < -0.3 is 16.4 Å². The van der Waals surface area contributed by atoms with Crippen LogP contribution in [-0.2, 0) is 4.79 Å². The number of anilines is 1. The van der Waals surface area contributed by atoms with Gasteiger partial charge in [-0.3, -0.25) is 9.79 Å². The number of nitrogens with zero attached hydrogens (tertiary/aromatic N) is 1. The molecule has 0 aliphatic carbocycles. The summed E-state index contributed by atoms with van der Waals surface area (Å²) in [6.45, 7) is 6.25. The van der Waals surface area contributed by atoms with E-state index in [2.05, 4.69) is 15.6 Å². The highest BCUT2D eigenvalue weighted by Gasteiger charge is 2.02. The second-order valence-corrected chi connectivity index (χ2v) is 4.73. The molecule has 0 radical (unpaired) electrons. The van der Waals surface area contributed by atoms with Gasteiger partial charge in [-0.25, -0.2) is 0 Å². The number of aliphatic imine (C=N–C) groups is 1. The summed E-state index contributed by atoms with van der Waals surface area (Å²) in [7, 11) is 0. The largest absolute Gasteiger partial charge is 0.370 e. The molecule has 5 nitrogen and oxygen atoms in total. The standard InChI is InChI=1S/C14H22N4O/c1-10(2)17-13(19)8-9-16-14(15)18-12-6-4-11(3)5-7-12/h4-7,10H,8-9H2,1-3H3,(H,17,19)(H3,15,16,18). The summed E-state index contributed by atoms with van der Waals surface area (Å²) in [5.41, 5.74) is 7.81. The van der Waals surface area contributed by atoms with Gasteiger partial charge >= 0.3 is 0 Å². The van der Waals surface area contributed by atoms with Gasteiger partial charge in [-0.2, -0.15) is 0 Å². The van der Waals surface area contributed by atoms with Gasteiger partial charge in [0.15, 0.2) is 5.96 Å². The molecule has 0 saturated carbocycles. The maximum atomic E-state index is 11.4. The predicted molar refractivity (Wildman–Crippen MR) is 79.2 cm³/mol. The third-order valence-electron chi connectivity index (χ3n) is 2.39. The van der Waals surface area contributed by atoms with Gasteiger partial charge in [0.25, 0.3) is 0 Å². The number of hydrogen-bond donors (Lipinski definition) is 3. The van der Waals surface area contributed by atoms with Crippen LogP contribution in [-0.4, -0.2) is 24.5 Å². The molecule has 0 fully saturated rings. The molecule has 1 aromatic carbocycles. The number of aryl methyl sites for hydroxylation is 1.